The van der Waals surface area contributed by atoms with Crippen molar-refractivity contribution in [3.63, 3.8) is 0 Å². The van der Waals surface area contributed by atoms with Gasteiger partial charge in [0, 0.05) is 0 Å². The number of hydrogen-bond acceptors (Lipinski definition) is 4. The summed E-state index contributed by atoms with van der Waals surface area (Å²) >= 11 is 0. The molecule has 0 spiro atoms. The largest absolute Gasteiger partial charge is 0.461 e. The van der Waals surface area contributed by atoms with E-state index in [1.807, 2.05) is 20.8 Å². The monoisotopic (exact) mass is 448 g/mol. The molecule has 4 bridgehead atoms. The highest BCUT2D eigenvalue weighted by Crippen LogP contribution is 2.61. The molecule has 4 saturated carbocycles. The zero-order chi connectivity index (χ0) is 23.5. The molecule has 4 fully saturated rings. The first-order chi connectivity index (χ1) is 14.9. The zero-order valence-electron chi connectivity index (χ0n) is 21.6. The van der Waals surface area contributed by atoms with Crippen molar-refractivity contribution in [2.24, 2.45) is 35.0 Å². The van der Waals surface area contributed by atoms with Crippen molar-refractivity contribution in [3.8, 4) is 0 Å². The van der Waals surface area contributed by atoms with Gasteiger partial charge in [-0.3, -0.25) is 9.59 Å². The molecular formula is C28H48O4. The molecule has 0 radical (unpaired) electrons. The van der Waals surface area contributed by atoms with Crippen LogP contribution in [0.5, 0.6) is 0 Å². The van der Waals surface area contributed by atoms with Gasteiger partial charge < -0.3 is 9.47 Å². The van der Waals surface area contributed by atoms with Crippen LogP contribution in [0.25, 0.3) is 0 Å². The van der Waals surface area contributed by atoms with E-state index in [0.29, 0.717) is 12.3 Å². The van der Waals surface area contributed by atoms with E-state index in [0.717, 1.165) is 30.6 Å². The van der Waals surface area contributed by atoms with Crippen molar-refractivity contribution < 1.29 is 19.1 Å². The molecule has 184 valence electrons. The van der Waals surface area contributed by atoms with E-state index in [4.69, 9.17) is 9.47 Å². The Morgan fingerprint density at radius 1 is 0.875 bits per heavy atom. The van der Waals surface area contributed by atoms with Gasteiger partial charge in [0.1, 0.15) is 11.7 Å². The fourth-order valence-corrected chi connectivity index (χ4v) is 7.13. The SMILES string of the molecule is CC(C)CCCCC(C)C(CC(=O)OC(C)(C)C)OC(=O)CC12CC3CC(CC(C3)C1)C2. The highest BCUT2D eigenvalue weighted by Gasteiger charge is 2.51. The van der Waals surface area contributed by atoms with Crippen molar-refractivity contribution in [1.82, 2.24) is 0 Å². The highest BCUT2D eigenvalue weighted by atomic mass is 16.6. The molecule has 2 atom stereocenters. The lowest BCUT2D eigenvalue weighted by molar-refractivity contribution is -0.167. The van der Waals surface area contributed by atoms with E-state index < -0.39 is 5.60 Å². The average Bonchev–Trinajstić information content (AvgIpc) is 2.61. The fraction of sp³-hybridized carbons (Fsp3) is 0.929. The van der Waals surface area contributed by atoms with E-state index in [1.165, 1.54) is 51.4 Å². The summed E-state index contributed by atoms with van der Waals surface area (Å²) in [4.78, 5) is 25.7. The summed E-state index contributed by atoms with van der Waals surface area (Å²) in [6, 6.07) is 0. The zero-order valence-corrected chi connectivity index (χ0v) is 21.6. The van der Waals surface area contributed by atoms with Crippen LogP contribution < -0.4 is 0 Å². The molecule has 4 aliphatic rings. The summed E-state index contributed by atoms with van der Waals surface area (Å²) in [5.74, 6) is 2.99. The van der Waals surface area contributed by atoms with Gasteiger partial charge in [0.2, 0.25) is 0 Å². The minimum atomic E-state index is -0.522. The van der Waals surface area contributed by atoms with Gasteiger partial charge in [0.25, 0.3) is 0 Å². The van der Waals surface area contributed by atoms with E-state index in [-0.39, 0.29) is 35.8 Å². The van der Waals surface area contributed by atoms with Gasteiger partial charge in [-0.15, -0.1) is 0 Å². The number of rotatable bonds is 11. The van der Waals surface area contributed by atoms with Crippen molar-refractivity contribution in [2.75, 3.05) is 0 Å². The minimum Gasteiger partial charge on any atom is -0.461 e. The van der Waals surface area contributed by atoms with Crippen molar-refractivity contribution in [2.45, 2.75) is 130 Å². The first-order valence-electron chi connectivity index (χ1n) is 13.3. The summed E-state index contributed by atoms with van der Waals surface area (Å²) in [6.45, 7) is 12.3. The molecule has 0 amide bonds. The number of unbranched alkanes of at least 4 members (excludes halogenated alkanes) is 1. The lowest BCUT2D eigenvalue weighted by atomic mass is 9.49. The van der Waals surface area contributed by atoms with Gasteiger partial charge in [-0.25, -0.2) is 0 Å². The molecule has 0 aromatic rings. The number of carbonyl (C=O) groups is 2. The van der Waals surface area contributed by atoms with Crippen LogP contribution in [0.1, 0.15) is 119 Å². The Labute approximate surface area is 196 Å². The maximum absolute atomic E-state index is 13.2. The minimum absolute atomic E-state index is 0.0884. The first-order valence-corrected chi connectivity index (χ1v) is 13.3. The van der Waals surface area contributed by atoms with Gasteiger partial charge in [-0.1, -0.05) is 40.0 Å². The van der Waals surface area contributed by atoms with Gasteiger partial charge in [-0.05, 0) is 101 Å². The predicted molar refractivity (Wildman–Crippen MR) is 128 cm³/mol. The Morgan fingerprint density at radius 2 is 1.41 bits per heavy atom. The van der Waals surface area contributed by atoms with Gasteiger partial charge >= 0.3 is 11.9 Å². The topological polar surface area (TPSA) is 52.6 Å². The van der Waals surface area contributed by atoms with Crippen LogP contribution in [0.15, 0.2) is 0 Å². The Bertz CT molecular complexity index is 609. The summed E-state index contributed by atoms with van der Waals surface area (Å²) in [5.41, 5.74) is -0.353. The van der Waals surface area contributed by atoms with Crippen molar-refractivity contribution in [1.29, 1.82) is 0 Å². The Hall–Kier alpha value is -1.06. The van der Waals surface area contributed by atoms with Gasteiger partial charge in [0.15, 0.2) is 0 Å². The maximum Gasteiger partial charge on any atom is 0.310 e. The quantitative estimate of drug-likeness (QED) is 0.250. The third kappa shape index (κ3) is 7.48. The summed E-state index contributed by atoms with van der Waals surface area (Å²) in [5, 5.41) is 0. The Balaban J connectivity index is 1.57. The van der Waals surface area contributed by atoms with Gasteiger partial charge in [0.05, 0.1) is 12.8 Å². The van der Waals surface area contributed by atoms with Crippen LogP contribution in [0.2, 0.25) is 0 Å². The van der Waals surface area contributed by atoms with Crippen LogP contribution in [-0.4, -0.2) is 23.6 Å². The first kappa shape index (κ1) is 25.6. The molecule has 0 heterocycles. The summed E-state index contributed by atoms with van der Waals surface area (Å²) < 4.78 is 11.6. The number of esters is 2. The highest BCUT2D eigenvalue weighted by molar-refractivity contribution is 5.73. The molecule has 0 aliphatic heterocycles. The number of hydrogen-bond donors (Lipinski definition) is 0. The number of carbonyl (C=O) groups excluding carboxylic acids is 2. The molecule has 0 N–H and O–H groups in total. The normalized spacial score (nSPS) is 30.9. The molecule has 32 heavy (non-hydrogen) atoms. The van der Waals surface area contributed by atoms with Crippen LogP contribution in [0, 0.1) is 35.0 Å². The van der Waals surface area contributed by atoms with E-state index in [2.05, 4.69) is 20.8 Å². The van der Waals surface area contributed by atoms with Crippen molar-refractivity contribution >= 4 is 11.9 Å². The second kappa shape index (κ2) is 10.5. The summed E-state index contributed by atoms with van der Waals surface area (Å²) in [7, 11) is 0. The van der Waals surface area contributed by atoms with E-state index in [1.54, 1.807) is 0 Å². The molecular weight excluding hydrogens is 400 g/mol. The van der Waals surface area contributed by atoms with E-state index in [9.17, 15) is 9.59 Å². The van der Waals surface area contributed by atoms with Crippen LogP contribution in [-0.2, 0) is 19.1 Å². The molecule has 4 rings (SSSR count). The molecule has 4 nitrogen and oxygen atoms in total. The second-order valence-corrected chi connectivity index (χ2v) is 13.1. The predicted octanol–water partition coefficient (Wildman–Crippen LogP) is 7.09. The molecule has 4 aliphatic carbocycles. The number of ether oxygens (including phenoxy) is 2. The fourth-order valence-electron chi connectivity index (χ4n) is 7.13. The molecule has 2 unspecified atom stereocenters. The lowest BCUT2D eigenvalue weighted by Crippen LogP contribution is -2.47. The van der Waals surface area contributed by atoms with Crippen LogP contribution >= 0.6 is 0 Å². The lowest BCUT2D eigenvalue weighted by Gasteiger charge is -2.56. The standard InChI is InChI=1S/C28H48O4/c1-19(2)9-7-8-10-20(3)24(14-25(29)32-27(4,5)6)31-26(30)18-28-15-21-11-22(16-28)13-23(12-21)17-28/h19-24H,7-18H2,1-6H3. The Kier molecular flexibility index (Phi) is 8.36. The second-order valence-electron chi connectivity index (χ2n) is 13.1. The maximum atomic E-state index is 13.2. The van der Waals surface area contributed by atoms with Gasteiger partial charge in [-0.2, -0.15) is 0 Å². The molecule has 4 heteroatoms. The molecule has 0 saturated heterocycles. The summed E-state index contributed by atoms with van der Waals surface area (Å²) in [6.07, 6.45) is 12.6. The van der Waals surface area contributed by atoms with Crippen LogP contribution in [0.4, 0.5) is 0 Å². The van der Waals surface area contributed by atoms with Crippen LogP contribution in [0.3, 0.4) is 0 Å². The average molecular weight is 449 g/mol. The van der Waals surface area contributed by atoms with E-state index >= 15 is 0 Å². The Morgan fingerprint density at radius 3 is 1.91 bits per heavy atom. The third-order valence-electron chi connectivity index (χ3n) is 8.08. The molecule has 0 aromatic heterocycles. The third-order valence-corrected chi connectivity index (χ3v) is 8.08. The smallest absolute Gasteiger partial charge is 0.310 e. The van der Waals surface area contributed by atoms with Crippen molar-refractivity contribution in [3.05, 3.63) is 0 Å². The molecule has 0 aromatic carbocycles.